The van der Waals surface area contributed by atoms with E-state index in [9.17, 15) is 5.11 Å². The summed E-state index contributed by atoms with van der Waals surface area (Å²) in [5, 5.41) is 10.1. The largest absolute Gasteiger partial charge is 0.507 e. The molecule has 2 nitrogen and oxygen atoms in total. The Bertz CT molecular complexity index is 633. The van der Waals surface area contributed by atoms with Gasteiger partial charge < -0.3 is 8.93 Å². The van der Waals surface area contributed by atoms with Crippen molar-refractivity contribution in [3.63, 3.8) is 0 Å². The molecule has 0 aromatic heterocycles. The predicted molar refractivity (Wildman–Crippen MR) is 82.0 cm³/mol. The SMILES string of the molecule is Cc1c(C)c(C)c(-c2ccccc2O)c(OBr)c1C. The normalized spacial score (nSPS) is 10.6. The van der Waals surface area contributed by atoms with Crippen LogP contribution in [0.15, 0.2) is 24.3 Å². The number of rotatable bonds is 2. The minimum atomic E-state index is 0.263. The molecular weight excluding hydrogens is 304 g/mol. The number of para-hydroxylation sites is 1. The molecular formula is C16H17BrO2. The van der Waals surface area contributed by atoms with Crippen LogP contribution in [-0.2, 0) is 0 Å². The van der Waals surface area contributed by atoms with Crippen molar-refractivity contribution in [2.75, 3.05) is 0 Å². The summed E-state index contributed by atoms with van der Waals surface area (Å²) in [6, 6.07) is 7.33. The molecule has 0 radical (unpaired) electrons. The number of benzene rings is 2. The Balaban J connectivity index is 2.87. The van der Waals surface area contributed by atoms with Gasteiger partial charge in [-0.3, -0.25) is 0 Å². The van der Waals surface area contributed by atoms with Gasteiger partial charge in [0, 0.05) is 11.1 Å². The third kappa shape index (κ3) is 2.23. The molecule has 0 aliphatic rings. The number of hydrogen-bond donors (Lipinski definition) is 1. The van der Waals surface area contributed by atoms with E-state index in [2.05, 4.69) is 37.0 Å². The highest BCUT2D eigenvalue weighted by Gasteiger charge is 2.19. The van der Waals surface area contributed by atoms with Crippen molar-refractivity contribution in [3.8, 4) is 22.6 Å². The van der Waals surface area contributed by atoms with Gasteiger partial charge in [0.25, 0.3) is 0 Å². The molecule has 2 rings (SSSR count). The second-order valence-corrected chi connectivity index (χ2v) is 5.12. The zero-order valence-corrected chi connectivity index (χ0v) is 13.1. The monoisotopic (exact) mass is 320 g/mol. The van der Waals surface area contributed by atoms with Crippen molar-refractivity contribution >= 4 is 16.3 Å². The van der Waals surface area contributed by atoms with E-state index >= 15 is 0 Å². The van der Waals surface area contributed by atoms with Crippen LogP contribution in [0.25, 0.3) is 11.1 Å². The second-order valence-electron chi connectivity index (χ2n) is 4.80. The predicted octanol–water partition coefficient (Wildman–Crippen LogP) is 4.98. The lowest BCUT2D eigenvalue weighted by Crippen LogP contribution is -1.98. The minimum absolute atomic E-state index is 0.263. The molecule has 2 aromatic rings. The van der Waals surface area contributed by atoms with E-state index in [1.165, 1.54) is 11.1 Å². The lowest BCUT2D eigenvalue weighted by atomic mass is 9.89. The van der Waals surface area contributed by atoms with Crippen molar-refractivity contribution in [1.82, 2.24) is 0 Å². The first kappa shape index (κ1) is 13.9. The zero-order valence-electron chi connectivity index (χ0n) is 11.5. The maximum Gasteiger partial charge on any atom is 0.179 e. The smallest absolute Gasteiger partial charge is 0.179 e. The first-order valence-electron chi connectivity index (χ1n) is 6.16. The van der Waals surface area contributed by atoms with Gasteiger partial charge in [0.15, 0.2) is 16.3 Å². The summed E-state index contributed by atoms with van der Waals surface area (Å²) < 4.78 is 5.40. The van der Waals surface area contributed by atoms with Crippen LogP contribution in [0.5, 0.6) is 11.5 Å². The molecule has 0 saturated carbocycles. The average molecular weight is 321 g/mol. The van der Waals surface area contributed by atoms with Crippen LogP contribution in [0, 0.1) is 27.7 Å². The number of hydrogen-bond acceptors (Lipinski definition) is 2. The van der Waals surface area contributed by atoms with E-state index < -0.39 is 0 Å². The third-order valence-corrected chi connectivity index (χ3v) is 4.20. The van der Waals surface area contributed by atoms with Crippen LogP contribution < -0.4 is 3.83 Å². The van der Waals surface area contributed by atoms with E-state index in [0.29, 0.717) is 0 Å². The van der Waals surface area contributed by atoms with Crippen molar-refractivity contribution in [2.45, 2.75) is 27.7 Å². The third-order valence-electron chi connectivity index (χ3n) is 3.88. The Morgan fingerprint density at radius 3 is 2.05 bits per heavy atom. The molecule has 1 N–H and O–H groups in total. The molecule has 0 aliphatic heterocycles. The summed E-state index contributed by atoms with van der Waals surface area (Å²) in [5.74, 6) is 1.03. The fourth-order valence-electron chi connectivity index (χ4n) is 2.38. The number of aromatic hydroxyl groups is 1. The first-order chi connectivity index (χ1) is 8.99. The van der Waals surface area contributed by atoms with Crippen LogP contribution in [0.2, 0.25) is 0 Å². The summed E-state index contributed by atoms with van der Waals surface area (Å²) in [5.41, 5.74) is 6.38. The number of phenolic OH excluding ortho intramolecular Hbond substituents is 1. The van der Waals surface area contributed by atoms with E-state index in [-0.39, 0.29) is 5.75 Å². The van der Waals surface area contributed by atoms with Gasteiger partial charge in [-0.15, -0.1) is 0 Å². The maximum absolute atomic E-state index is 10.1. The molecule has 0 fully saturated rings. The summed E-state index contributed by atoms with van der Waals surface area (Å²) in [6.07, 6.45) is 0. The Morgan fingerprint density at radius 2 is 1.47 bits per heavy atom. The van der Waals surface area contributed by atoms with E-state index in [0.717, 1.165) is 28.0 Å². The maximum atomic E-state index is 10.1. The fraction of sp³-hybridized carbons (Fsp3) is 0.250. The van der Waals surface area contributed by atoms with Gasteiger partial charge in [0.1, 0.15) is 11.5 Å². The number of halogens is 1. The van der Waals surface area contributed by atoms with Crippen molar-refractivity contribution in [2.24, 2.45) is 0 Å². The van der Waals surface area contributed by atoms with E-state index in [4.69, 9.17) is 3.83 Å². The lowest BCUT2D eigenvalue weighted by Gasteiger charge is -2.19. The summed E-state index contributed by atoms with van der Waals surface area (Å²) in [4.78, 5) is 0. The van der Waals surface area contributed by atoms with Crippen LogP contribution in [0.3, 0.4) is 0 Å². The lowest BCUT2D eigenvalue weighted by molar-refractivity contribution is 0.477. The molecule has 0 bridgehead atoms. The van der Waals surface area contributed by atoms with Crippen LogP contribution in [0.4, 0.5) is 0 Å². The van der Waals surface area contributed by atoms with Gasteiger partial charge in [-0.2, -0.15) is 0 Å². The van der Waals surface area contributed by atoms with Gasteiger partial charge in [0.2, 0.25) is 0 Å². The molecule has 19 heavy (non-hydrogen) atoms. The zero-order chi connectivity index (χ0) is 14.2. The molecule has 100 valence electrons. The molecule has 0 saturated heterocycles. The Kier molecular flexibility index (Phi) is 3.85. The molecule has 0 amide bonds. The Labute approximate surface area is 122 Å². The molecule has 0 unspecified atom stereocenters. The van der Waals surface area contributed by atoms with E-state index in [1.807, 2.05) is 25.1 Å². The van der Waals surface area contributed by atoms with Gasteiger partial charge in [-0.1, -0.05) is 18.2 Å². The summed E-state index contributed by atoms with van der Waals surface area (Å²) in [6.45, 7) is 8.27. The molecule has 0 atom stereocenters. The highest BCUT2D eigenvalue weighted by molar-refractivity contribution is 9.06. The average Bonchev–Trinajstić information content (AvgIpc) is 2.41. The first-order valence-corrected chi connectivity index (χ1v) is 6.81. The van der Waals surface area contributed by atoms with E-state index in [1.54, 1.807) is 6.07 Å². The highest BCUT2D eigenvalue weighted by atomic mass is 79.9. The Hall–Kier alpha value is -1.48. The van der Waals surface area contributed by atoms with Gasteiger partial charge in [-0.05, 0) is 56.0 Å². The molecule has 0 aliphatic carbocycles. The highest BCUT2D eigenvalue weighted by Crippen LogP contribution is 2.43. The summed E-state index contributed by atoms with van der Waals surface area (Å²) >= 11 is 3.09. The topological polar surface area (TPSA) is 29.5 Å². The van der Waals surface area contributed by atoms with Crippen LogP contribution in [-0.4, -0.2) is 5.11 Å². The standard InChI is InChI=1S/C16H17BrO2/c1-9-10(2)12(4)16(19-17)15(11(9)3)13-7-5-6-8-14(13)18/h5-8,18H,1-4H3. The molecule has 2 aromatic carbocycles. The van der Waals surface area contributed by atoms with Crippen LogP contribution in [0.1, 0.15) is 22.3 Å². The van der Waals surface area contributed by atoms with Crippen molar-refractivity contribution in [1.29, 1.82) is 0 Å². The summed E-state index contributed by atoms with van der Waals surface area (Å²) in [7, 11) is 0. The van der Waals surface area contributed by atoms with Crippen molar-refractivity contribution in [3.05, 3.63) is 46.5 Å². The molecule has 0 heterocycles. The quantitative estimate of drug-likeness (QED) is 0.845. The van der Waals surface area contributed by atoms with Gasteiger partial charge in [-0.25, -0.2) is 0 Å². The number of phenols is 1. The Morgan fingerprint density at radius 1 is 0.895 bits per heavy atom. The van der Waals surface area contributed by atoms with Crippen molar-refractivity contribution < 1.29 is 8.93 Å². The second kappa shape index (κ2) is 5.25. The van der Waals surface area contributed by atoms with Gasteiger partial charge >= 0.3 is 0 Å². The molecule has 3 heteroatoms. The molecule has 0 spiro atoms. The minimum Gasteiger partial charge on any atom is -0.507 e. The van der Waals surface area contributed by atoms with Crippen LogP contribution >= 0.6 is 16.3 Å². The van der Waals surface area contributed by atoms with Gasteiger partial charge in [0.05, 0.1) is 0 Å². The fourth-order valence-corrected chi connectivity index (χ4v) is 2.79.